The van der Waals surface area contributed by atoms with Crippen LogP contribution in [0.4, 0.5) is 0 Å². The lowest BCUT2D eigenvalue weighted by molar-refractivity contribution is 0.0705. The topological polar surface area (TPSA) is 76.8 Å². The number of carbonyl (C=O) groups is 1. The van der Waals surface area contributed by atoms with Gasteiger partial charge in [-0.1, -0.05) is 30.3 Å². The molecule has 158 valence electrons. The fourth-order valence-electron chi connectivity index (χ4n) is 4.19. The molecule has 0 radical (unpaired) electrons. The predicted octanol–water partition coefficient (Wildman–Crippen LogP) is 3.83. The molecule has 0 bridgehead atoms. The van der Waals surface area contributed by atoms with E-state index in [2.05, 4.69) is 0 Å². The standard InChI is InChI=1S/C23H25NO5S/c1-28-18-9-5-7-16(14-18)13-17-8-6-12-24(17)23(25)22-20(15-30(2,26)27)19-10-3-4-11-21(19)29-22/h3-5,7,9-11,14,17H,6,8,12-13,15H2,1-2H3. The number of hydrogen-bond donors (Lipinski definition) is 0. The Bertz CT molecular complexity index is 1180. The van der Waals surface area contributed by atoms with Gasteiger partial charge < -0.3 is 14.1 Å². The lowest BCUT2D eigenvalue weighted by Crippen LogP contribution is -2.37. The first-order chi connectivity index (χ1) is 14.4. The Balaban J connectivity index is 1.66. The van der Waals surface area contributed by atoms with Crippen molar-refractivity contribution in [3.05, 3.63) is 65.4 Å². The highest BCUT2D eigenvalue weighted by molar-refractivity contribution is 7.89. The number of para-hydroxylation sites is 1. The number of fused-ring (bicyclic) bond motifs is 1. The molecule has 1 aliphatic heterocycles. The van der Waals surface area contributed by atoms with Crippen LogP contribution in [0.3, 0.4) is 0 Å². The molecule has 1 unspecified atom stereocenters. The van der Waals surface area contributed by atoms with Gasteiger partial charge in [0.25, 0.3) is 5.91 Å². The number of ether oxygens (including phenoxy) is 1. The summed E-state index contributed by atoms with van der Waals surface area (Å²) in [5, 5.41) is 0.676. The molecular weight excluding hydrogens is 402 g/mol. The van der Waals surface area contributed by atoms with Gasteiger partial charge in [-0.2, -0.15) is 0 Å². The van der Waals surface area contributed by atoms with Crippen molar-refractivity contribution in [1.82, 2.24) is 4.90 Å². The molecule has 0 saturated carbocycles. The van der Waals surface area contributed by atoms with E-state index in [1.165, 1.54) is 6.26 Å². The van der Waals surface area contributed by atoms with E-state index in [-0.39, 0.29) is 23.5 Å². The zero-order chi connectivity index (χ0) is 21.3. The second-order valence-corrected chi connectivity index (χ2v) is 9.97. The number of amides is 1. The number of methoxy groups -OCH3 is 1. The number of likely N-dealkylation sites (tertiary alicyclic amines) is 1. The molecule has 1 saturated heterocycles. The third-order valence-electron chi connectivity index (χ3n) is 5.54. The van der Waals surface area contributed by atoms with Crippen LogP contribution in [-0.2, 0) is 22.0 Å². The van der Waals surface area contributed by atoms with E-state index in [1.807, 2.05) is 41.3 Å². The van der Waals surface area contributed by atoms with E-state index in [9.17, 15) is 13.2 Å². The molecule has 0 spiro atoms. The maximum atomic E-state index is 13.5. The number of carbonyl (C=O) groups excluding carboxylic acids is 1. The molecule has 3 aromatic rings. The second kappa shape index (κ2) is 8.14. The van der Waals surface area contributed by atoms with E-state index in [4.69, 9.17) is 9.15 Å². The smallest absolute Gasteiger partial charge is 0.290 e. The monoisotopic (exact) mass is 427 g/mol. The van der Waals surface area contributed by atoms with Crippen LogP contribution in [0.2, 0.25) is 0 Å². The van der Waals surface area contributed by atoms with Crippen LogP contribution in [0.5, 0.6) is 5.75 Å². The fourth-order valence-corrected chi connectivity index (χ4v) is 5.01. The summed E-state index contributed by atoms with van der Waals surface area (Å²) in [6, 6.07) is 15.1. The summed E-state index contributed by atoms with van der Waals surface area (Å²) in [5.41, 5.74) is 2.08. The Morgan fingerprint density at radius 1 is 1.20 bits per heavy atom. The van der Waals surface area contributed by atoms with Gasteiger partial charge in [0.15, 0.2) is 15.6 Å². The van der Waals surface area contributed by atoms with Crippen molar-refractivity contribution in [2.75, 3.05) is 19.9 Å². The Kier molecular flexibility index (Phi) is 5.56. The van der Waals surface area contributed by atoms with Crippen molar-refractivity contribution in [1.29, 1.82) is 0 Å². The number of rotatable bonds is 6. The van der Waals surface area contributed by atoms with Crippen LogP contribution in [0.15, 0.2) is 52.9 Å². The van der Waals surface area contributed by atoms with Gasteiger partial charge in [-0.15, -0.1) is 0 Å². The van der Waals surface area contributed by atoms with Crippen LogP contribution >= 0.6 is 0 Å². The van der Waals surface area contributed by atoms with E-state index in [1.54, 1.807) is 19.2 Å². The largest absolute Gasteiger partial charge is 0.497 e. The number of hydrogen-bond acceptors (Lipinski definition) is 5. The Morgan fingerprint density at radius 3 is 2.77 bits per heavy atom. The van der Waals surface area contributed by atoms with Crippen molar-refractivity contribution in [2.45, 2.75) is 31.1 Å². The molecule has 1 atom stereocenters. The third kappa shape index (κ3) is 4.21. The van der Waals surface area contributed by atoms with Crippen LogP contribution in [0.1, 0.15) is 34.5 Å². The van der Waals surface area contributed by atoms with Crippen molar-refractivity contribution < 1.29 is 22.4 Å². The van der Waals surface area contributed by atoms with Gasteiger partial charge in [-0.05, 0) is 43.0 Å². The molecule has 30 heavy (non-hydrogen) atoms. The van der Waals surface area contributed by atoms with Gasteiger partial charge in [0.2, 0.25) is 0 Å². The van der Waals surface area contributed by atoms with Crippen LogP contribution in [0, 0.1) is 0 Å². The quantitative estimate of drug-likeness (QED) is 0.597. The zero-order valence-electron chi connectivity index (χ0n) is 17.1. The van der Waals surface area contributed by atoms with Crippen LogP contribution < -0.4 is 4.74 Å². The molecule has 4 rings (SSSR count). The van der Waals surface area contributed by atoms with Gasteiger partial charge in [-0.3, -0.25) is 4.79 Å². The summed E-state index contributed by atoms with van der Waals surface area (Å²) < 4.78 is 35.2. The highest BCUT2D eigenvalue weighted by Crippen LogP contribution is 2.31. The molecule has 1 fully saturated rings. The summed E-state index contributed by atoms with van der Waals surface area (Å²) in [7, 11) is -1.70. The number of benzene rings is 2. The molecule has 0 aliphatic carbocycles. The van der Waals surface area contributed by atoms with Gasteiger partial charge in [-0.25, -0.2) is 8.42 Å². The van der Waals surface area contributed by atoms with E-state index in [0.29, 0.717) is 29.5 Å². The first kappa shape index (κ1) is 20.5. The summed E-state index contributed by atoms with van der Waals surface area (Å²) in [6.45, 7) is 0.628. The summed E-state index contributed by atoms with van der Waals surface area (Å²) in [6.07, 6.45) is 3.68. The van der Waals surface area contributed by atoms with E-state index in [0.717, 1.165) is 24.2 Å². The summed E-state index contributed by atoms with van der Waals surface area (Å²) >= 11 is 0. The molecule has 6 nitrogen and oxygen atoms in total. The minimum absolute atomic E-state index is 0.0314. The van der Waals surface area contributed by atoms with Gasteiger partial charge >= 0.3 is 0 Å². The van der Waals surface area contributed by atoms with Gasteiger partial charge in [0.1, 0.15) is 11.3 Å². The SMILES string of the molecule is COc1cccc(CC2CCCN2C(=O)c2oc3ccccc3c2CS(C)(=O)=O)c1. The van der Waals surface area contributed by atoms with E-state index < -0.39 is 9.84 Å². The van der Waals surface area contributed by atoms with Crippen LogP contribution in [-0.4, -0.2) is 45.2 Å². The predicted molar refractivity (Wildman–Crippen MR) is 116 cm³/mol. The molecule has 2 aromatic carbocycles. The summed E-state index contributed by atoms with van der Waals surface area (Å²) in [4.78, 5) is 15.3. The first-order valence-corrected chi connectivity index (χ1v) is 12.0. The molecule has 1 amide bonds. The molecular formula is C23H25NO5S. The molecule has 1 aliphatic rings. The lowest BCUT2D eigenvalue weighted by Gasteiger charge is -2.24. The van der Waals surface area contributed by atoms with Crippen molar-refractivity contribution in [3.63, 3.8) is 0 Å². The van der Waals surface area contributed by atoms with Gasteiger partial charge in [0.05, 0.1) is 12.9 Å². The Labute approximate surface area is 176 Å². The van der Waals surface area contributed by atoms with Crippen molar-refractivity contribution in [3.8, 4) is 5.75 Å². The zero-order valence-corrected chi connectivity index (χ0v) is 17.9. The van der Waals surface area contributed by atoms with Crippen molar-refractivity contribution in [2.24, 2.45) is 0 Å². The highest BCUT2D eigenvalue weighted by Gasteiger charge is 2.34. The molecule has 0 N–H and O–H groups in total. The van der Waals surface area contributed by atoms with E-state index >= 15 is 0 Å². The Hall–Kier alpha value is -2.80. The molecule has 7 heteroatoms. The number of nitrogens with zero attached hydrogens (tertiary/aromatic N) is 1. The number of furan rings is 1. The first-order valence-electron chi connectivity index (χ1n) is 9.98. The van der Waals surface area contributed by atoms with Crippen molar-refractivity contribution >= 4 is 26.7 Å². The lowest BCUT2D eigenvalue weighted by atomic mass is 10.0. The summed E-state index contributed by atoms with van der Waals surface area (Å²) in [5.74, 6) is 0.463. The average Bonchev–Trinajstić information content (AvgIpc) is 3.31. The molecule has 1 aromatic heterocycles. The minimum Gasteiger partial charge on any atom is -0.497 e. The Morgan fingerprint density at radius 2 is 2.00 bits per heavy atom. The minimum atomic E-state index is -3.33. The highest BCUT2D eigenvalue weighted by atomic mass is 32.2. The van der Waals surface area contributed by atoms with Crippen LogP contribution in [0.25, 0.3) is 11.0 Å². The third-order valence-corrected chi connectivity index (χ3v) is 6.36. The average molecular weight is 428 g/mol. The second-order valence-electron chi connectivity index (χ2n) is 7.83. The number of sulfone groups is 1. The fraction of sp³-hybridized carbons (Fsp3) is 0.348. The maximum Gasteiger partial charge on any atom is 0.290 e. The van der Waals surface area contributed by atoms with Gasteiger partial charge in [0, 0.05) is 29.8 Å². The normalized spacial score (nSPS) is 16.9. The molecule has 2 heterocycles. The maximum absolute atomic E-state index is 13.5.